The highest BCUT2D eigenvalue weighted by Crippen LogP contribution is 2.27. The quantitative estimate of drug-likeness (QED) is 0.274. The van der Waals surface area contributed by atoms with Gasteiger partial charge in [-0.15, -0.1) is 0 Å². The Morgan fingerprint density at radius 1 is 0.962 bits per heavy atom. The predicted octanol–water partition coefficient (Wildman–Crippen LogP) is 1.84. The summed E-state index contributed by atoms with van der Waals surface area (Å²) in [5.74, 6) is 0.511. The maximum absolute atomic E-state index is 12.2. The van der Waals surface area contributed by atoms with Gasteiger partial charge in [-0.25, -0.2) is 5.48 Å². The van der Waals surface area contributed by atoms with E-state index in [0.29, 0.717) is 35.6 Å². The first-order valence-corrected chi connectivity index (χ1v) is 8.08. The number of ether oxygens (including phenoxy) is 2. The van der Waals surface area contributed by atoms with Crippen LogP contribution >= 0.6 is 0 Å². The number of hydroxylamine groups is 1. The molecule has 0 unspecified atom stereocenters. The SMILES string of the molecule is COc1ccc(C(=O)CNCCc2ccc(C(=O)NO)cc2)cc1OC. The highest BCUT2D eigenvalue weighted by Gasteiger charge is 2.10. The molecule has 7 heteroatoms. The number of carbonyl (C=O) groups is 2. The Labute approximate surface area is 151 Å². The molecule has 7 nitrogen and oxygen atoms in total. The predicted molar refractivity (Wildman–Crippen MR) is 96.1 cm³/mol. The average Bonchev–Trinajstić information content (AvgIpc) is 2.70. The normalized spacial score (nSPS) is 10.3. The lowest BCUT2D eigenvalue weighted by atomic mass is 10.1. The highest BCUT2D eigenvalue weighted by molar-refractivity contribution is 5.98. The van der Waals surface area contributed by atoms with Crippen molar-refractivity contribution in [2.45, 2.75) is 6.42 Å². The second-order valence-corrected chi connectivity index (χ2v) is 5.56. The fourth-order valence-electron chi connectivity index (χ4n) is 2.43. The molecule has 0 bridgehead atoms. The third-order valence-electron chi connectivity index (χ3n) is 3.90. The Balaban J connectivity index is 1.82. The van der Waals surface area contributed by atoms with Gasteiger partial charge in [-0.1, -0.05) is 12.1 Å². The van der Waals surface area contributed by atoms with Crippen LogP contribution in [0.15, 0.2) is 42.5 Å². The first-order chi connectivity index (χ1) is 12.6. The molecule has 2 aromatic rings. The first kappa shape index (κ1) is 19.4. The van der Waals surface area contributed by atoms with Crippen molar-refractivity contribution in [3.63, 3.8) is 0 Å². The van der Waals surface area contributed by atoms with Crippen molar-refractivity contribution in [3.05, 3.63) is 59.2 Å². The molecule has 0 spiro atoms. The van der Waals surface area contributed by atoms with E-state index in [1.807, 2.05) is 12.1 Å². The van der Waals surface area contributed by atoms with E-state index in [1.54, 1.807) is 42.9 Å². The van der Waals surface area contributed by atoms with Crippen LogP contribution in [0.4, 0.5) is 0 Å². The minimum atomic E-state index is -0.546. The zero-order chi connectivity index (χ0) is 18.9. The van der Waals surface area contributed by atoms with Crippen LogP contribution in [-0.2, 0) is 6.42 Å². The number of nitrogens with one attached hydrogen (secondary N) is 2. The van der Waals surface area contributed by atoms with E-state index in [9.17, 15) is 9.59 Å². The molecule has 2 rings (SSSR count). The molecule has 3 N–H and O–H groups in total. The van der Waals surface area contributed by atoms with Crippen LogP contribution in [0.25, 0.3) is 0 Å². The summed E-state index contributed by atoms with van der Waals surface area (Å²) >= 11 is 0. The molecule has 0 aliphatic heterocycles. The number of carbonyl (C=O) groups excluding carboxylic acids is 2. The number of Topliss-reactive ketones (excluding diaryl/α,β-unsaturated/α-hetero) is 1. The molecule has 1 amide bonds. The lowest BCUT2D eigenvalue weighted by molar-refractivity contribution is 0.0706. The second kappa shape index (κ2) is 9.55. The van der Waals surface area contributed by atoms with E-state index >= 15 is 0 Å². The van der Waals surface area contributed by atoms with Gasteiger partial charge in [-0.2, -0.15) is 0 Å². The molecular formula is C19H22N2O5. The molecule has 0 atom stereocenters. The minimum absolute atomic E-state index is 0.0408. The number of amides is 1. The monoisotopic (exact) mass is 358 g/mol. The number of methoxy groups -OCH3 is 2. The Hall–Kier alpha value is -2.90. The van der Waals surface area contributed by atoms with Crippen molar-refractivity contribution in [3.8, 4) is 11.5 Å². The molecule has 0 saturated carbocycles. The summed E-state index contributed by atoms with van der Waals surface area (Å²) in [6.07, 6.45) is 0.709. The van der Waals surface area contributed by atoms with Gasteiger partial charge in [0.15, 0.2) is 17.3 Å². The van der Waals surface area contributed by atoms with Crippen molar-refractivity contribution >= 4 is 11.7 Å². The van der Waals surface area contributed by atoms with Crippen LogP contribution in [0.5, 0.6) is 11.5 Å². The van der Waals surface area contributed by atoms with Gasteiger partial charge >= 0.3 is 0 Å². The summed E-state index contributed by atoms with van der Waals surface area (Å²) < 4.78 is 10.4. The molecular weight excluding hydrogens is 336 g/mol. The minimum Gasteiger partial charge on any atom is -0.493 e. The van der Waals surface area contributed by atoms with Crippen molar-refractivity contribution in [2.24, 2.45) is 0 Å². The van der Waals surface area contributed by atoms with Crippen LogP contribution in [0.1, 0.15) is 26.3 Å². The molecule has 0 aliphatic rings. The molecule has 0 heterocycles. The molecule has 0 radical (unpaired) electrons. The standard InChI is InChI=1S/C19H22N2O5/c1-25-17-8-7-15(11-18(17)26-2)16(22)12-20-10-9-13-3-5-14(6-4-13)19(23)21-24/h3-8,11,20,24H,9-10,12H2,1-2H3,(H,21,23). The van der Waals surface area contributed by atoms with Crippen LogP contribution in [-0.4, -0.2) is 44.2 Å². The summed E-state index contributed by atoms with van der Waals surface area (Å²) in [6.45, 7) is 0.824. The fourth-order valence-corrected chi connectivity index (χ4v) is 2.43. The van der Waals surface area contributed by atoms with Gasteiger partial charge in [0.05, 0.1) is 20.8 Å². The third-order valence-corrected chi connectivity index (χ3v) is 3.90. The van der Waals surface area contributed by atoms with E-state index in [4.69, 9.17) is 14.7 Å². The first-order valence-electron chi connectivity index (χ1n) is 8.08. The number of hydrogen-bond acceptors (Lipinski definition) is 6. The smallest absolute Gasteiger partial charge is 0.274 e. The van der Waals surface area contributed by atoms with E-state index in [2.05, 4.69) is 5.32 Å². The van der Waals surface area contributed by atoms with Crippen molar-refractivity contribution in [2.75, 3.05) is 27.3 Å². The molecule has 0 fully saturated rings. The summed E-state index contributed by atoms with van der Waals surface area (Å²) in [5, 5.41) is 11.7. The van der Waals surface area contributed by atoms with Gasteiger partial charge in [0.25, 0.3) is 5.91 Å². The van der Waals surface area contributed by atoms with Crippen molar-refractivity contribution < 1.29 is 24.3 Å². The number of benzene rings is 2. The Morgan fingerprint density at radius 2 is 1.62 bits per heavy atom. The third kappa shape index (κ3) is 5.05. The largest absolute Gasteiger partial charge is 0.493 e. The summed E-state index contributed by atoms with van der Waals surface area (Å²) in [4.78, 5) is 23.5. The molecule has 0 aromatic heterocycles. The Kier molecular flexibility index (Phi) is 7.13. The zero-order valence-corrected chi connectivity index (χ0v) is 14.7. The van der Waals surface area contributed by atoms with E-state index in [1.165, 1.54) is 7.11 Å². The number of hydrogen-bond donors (Lipinski definition) is 3. The molecule has 2 aromatic carbocycles. The molecule has 0 aliphatic carbocycles. The van der Waals surface area contributed by atoms with Crippen molar-refractivity contribution in [1.82, 2.24) is 10.8 Å². The van der Waals surface area contributed by atoms with Gasteiger partial charge in [-0.05, 0) is 48.9 Å². The van der Waals surface area contributed by atoms with Gasteiger partial charge < -0.3 is 14.8 Å². The zero-order valence-electron chi connectivity index (χ0n) is 14.7. The topological polar surface area (TPSA) is 96.9 Å². The summed E-state index contributed by atoms with van der Waals surface area (Å²) in [6, 6.07) is 12.0. The van der Waals surface area contributed by atoms with Gasteiger partial charge in [-0.3, -0.25) is 14.8 Å². The fraction of sp³-hybridized carbons (Fsp3) is 0.263. The number of rotatable bonds is 9. The lowest BCUT2D eigenvalue weighted by Gasteiger charge is -2.09. The second-order valence-electron chi connectivity index (χ2n) is 5.56. The van der Waals surface area contributed by atoms with E-state index in [0.717, 1.165) is 5.56 Å². The maximum atomic E-state index is 12.2. The Bertz CT molecular complexity index is 759. The highest BCUT2D eigenvalue weighted by atomic mass is 16.5. The molecule has 26 heavy (non-hydrogen) atoms. The number of ketones is 1. The lowest BCUT2D eigenvalue weighted by Crippen LogP contribution is -2.25. The van der Waals surface area contributed by atoms with Crippen LogP contribution in [0.3, 0.4) is 0 Å². The van der Waals surface area contributed by atoms with Gasteiger partial charge in [0.1, 0.15) is 0 Å². The van der Waals surface area contributed by atoms with Gasteiger partial charge in [0.2, 0.25) is 0 Å². The van der Waals surface area contributed by atoms with Crippen LogP contribution in [0, 0.1) is 0 Å². The molecule has 138 valence electrons. The van der Waals surface area contributed by atoms with Crippen molar-refractivity contribution in [1.29, 1.82) is 0 Å². The summed E-state index contributed by atoms with van der Waals surface area (Å²) in [5.41, 5.74) is 3.54. The molecule has 0 saturated heterocycles. The summed E-state index contributed by atoms with van der Waals surface area (Å²) in [7, 11) is 3.07. The maximum Gasteiger partial charge on any atom is 0.274 e. The Morgan fingerprint density at radius 3 is 2.23 bits per heavy atom. The van der Waals surface area contributed by atoms with Gasteiger partial charge in [0, 0.05) is 11.1 Å². The van der Waals surface area contributed by atoms with Crippen LogP contribution < -0.4 is 20.3 Å². The van der Waals surface area contributed by atoms with Crippen LogP contribution in [0.2, 0.25) is 0 Å². The van der Waals surface area contributed by atoms with E-state index in [-0.39, 0.29) is 12.3 Å². The van der Waals surface area contributed by atoms with E-state index < -0.39 is 5.91 Å². The average molecular weight is 358 g/mol.